The van der Waals surface area contributed by atoms with Gasteiger partial charge in [0, 0.05) is 12.1 Å². The maximum Gasteiger partial charge on any atom is 0.291 e. The van der Waals surface area contributed by atoms with Gasteiger partial charge in [-0.3, -0.25) is 9.59 Å². The Morgan fingerprint density at radius 2 is 1.73 bits per heavy atom. The van der Waals surface area contributed by atoms with E-state index in [4.69, 9.17) is 4.74 Å². The second-order valence-electron chi connectivity index (χ2n) is 7.17. The molecule has 150 valence electrons. The van der Waals surface area contributed by atoms with Crippen molar-refractivity contribution in [3.63, 3.8) is 0 Å². The van der Waals surface area contributed by atoms with Crippen LogP contribution < -0.4 is 15.4 Å². The van der Waals surface area contributed by atoms with Gasteiger partial charge in [0.25, 0.3) is 11.8 Å². The maximum atomic E-state index is 12.4. The molecule has 1 aliphatic heterocycles. The van der Waals surface area contributed by atoms with Gasteiger partial charge in [-0.15, -0.1) is 0 Å². The minimum absolute atomic E-state index is 0.123. The zero-order chi connectivity index (χ0) is 20.9. The van der Waals surface area contributed by atoms with Crippen molar-refractivity contribution in [1.29, 1.82) is 0 Å². The molecule has 4 rings (SSSR count). The van der Waals surface area contributed by atoms with Crippen molar-refractivity contribution >= 4 is 23.6 Å². The molecule has 1 aliphatic rings. The SMILES string of the molecule is Cc1ccc(CCNC(=O)c2ccc(/C=C3\Oc4ccccc4NC3=O)cc2)cc1. The first kappa shape index (κ1) is 19.5. The van der Waals surface area contributed by atoms with Gasteiger partial charge in [0.2, 0.25) is 0 Å². The van der Waals surface area contributed by atoms with Gasteiger partial charge in [0.05, 0.1) is 5.69 Å². The third-order valence-electron chi connectivity index (χ3n) is 4.87. The fourth-order valence-electron chi connectivity index (χ4n) is 3.16. The van der Waals surface area contributed by atoms with E-state index in [1.54, 1.807) is 42.5 Å². The molecule has 0 radical (unpaired) electrons. The van der Waals surface area contributed by atoms with Gasteiger partial charge < -0.3 is 15.4 Å². The number of carbonyl (C=O) groups excluding carboxylic acids is 2. The third kappa shape index (κ3) is 4.58. The number of hydrogen-bond donors (Lipinski definition) is 2. The molecular formula is C25H22N2O3. The second kappa shape index (κ2) is 8.66. The number of para-hydroxylation sites is 2. The molecule has 30 heavy (non-hydrogen) atoms. The van der Waals surface area contributed by atoms with Crippen molar-refractivity contribution in [2.45, 2.75) is 13.3 Å². The van der Waals surface area contributed by atoms with E-state index in [-0.39, 0.29) is 17.6 Å². The number of anilines is 1. The van der Waals surface area contributed by atoms with Gasteiger partial charge in [-0.25, -0.2) is 0 Å². The number of nitrogens with one attached hydrogen (secondary N) is 2. The van der Waals surface area contributed by atoms with Crippen LogP contribution in [0.15, 0.2) is 78.6 Å². The van der Waals surface area contributed by atoms with Crippen LogP contribution in [-0.4, -0.2) is 18.4 Å². The standard InChI is InChI=1S/C25H22N2O3/c1-17-6-8-18(9-7-17)14-15-26-24(28)20-12-10-19(11-13-20)16-23-25(29)27-21-4-2-3-5-22(21)30-23/h2-13,16H,14-15H2,1H3,(H,26,28)(H,27,29)/b23-16-. The Balaban J connectivity index is 1.36. The van der Waals surface area contributed by atoms with Crippen molar-refractivity contribution in [3.05, 3.63) is 101 Å². The van der Waals surface area contributed by atoms with Crippen LogP contribution in [0.5, 0.6) is 5.75 Å². The lowest BCUT2D eigenvalue weighted by Crippen LogP contribution is -2.25. The second-order valence-corrected chi connectivity index (χ2v) is 7.17. The Morgan fingerprint density at radius 1 is 1.00 bits per heavy atom. The van der Waals surface area contributed by atoms with Crippen LogP contribution in [0.2, 0.25) is 0 Å². The van der Waals surface area contributed by atoms with Gasteiger partial charge in [-0.05, 0) is 54.8 Å². The number of benzene rings is 3. The first-order valence-corrected chi connectivity index (χ1v) is 9.82. The molecular weight excluding hydrogens is 376 g/mol. The number of amides is 2. The molecule has 5 heteroatoms. The lowest BCUT2D eigenvalue weighted by molar-refractivity contribution is -0.115. The summed E-state index contributed by atoms with van der Waals surface area (Å²) >= 11 is 0. The highest BCUT2D eigenvalue weighted by atomic mass is 16.5. The first-order chi connectivity index (χ1) is 14.6. The molecule has 0 aliphatic carbocycles. The maximum absolute atomic E-state index is 12.4. The Kier molecular flexibility index (Phi) is 5.61. The van der Waals surface area contributed by atoms with Crippen molar-refractivity contribution in [3.8, 4) is 5.75 Å². The monoisotopic (exact) mass is 398 g/mol. The Bertz CT molecular complexity index is 1100. The molecule has 0 saturated carbocycles. The Morgan fingerprint density at radius 3 is 2.50 bits per heavy atom. The quantitative estimate of drug-likeness (QED) is 0.629. The summed E-state index contributed by atoms with van der Waals surface area (Å²) in [6, 6.07) is 22.6. The number of hydrogen-bond acceptors (Lipinski definition) is 3. The zero-order valence-corrected chi connectivity index (χ0v) is 16.6. The van der Waals surface area contributed by atoms with Crippen molar-refractivity contribution in [1.82, 2.24) is 5.32 Å². The summed E-state index contributed by atoms with van der Waals surface area (Å²) in [4.78, 5) is 24.6. The molecule has 2 amide bonds. The molecule has 0 atom stereocenters. The lowest BCUT2D eigenvalue weighted by Gasteiger charge is -2.19. The summed E-state index contributed by atoms with van der Waals surface area (Å²) in [5, 5.41) is 5.74. The molecule has 0 fully saturated rings. The molecule has 3 aromatic rings. The summed E-state index contributed by atoms with van der Waals surface area (Å²) in [7, 11) is 0. The van der Waals surface area contributed by atoms with Crippen LogP contribution >= 0.6 is 0 Å². The van der Waals surface area contributed by atoms with Crippen LogP contribution in [0, 0.1) is 6.92 Å². The van der Waals surface area contributed by atoms with E-state index in [0.29, 0.717) is 23.5 Å². The molecule has 0 saturated heterocycles. The normalized spacial score (nSPS) is 13.9. The van der Waals surface area contributed by atoms with E-state index < -0.39 is 0 Å². The molecule has 2 N–H and O–H groups in total. The van der Waals surface area contributed by atoms with Crippen LogP contribution in [0.4, 0.5) is 5.69 Å². The highest BCUT2D eigenvalue weighted by Gasteiger charge is 2.21. The van der Waals surface area contributed by atoms with Crippen molar-refractivity contribution in [2.24, 2.45) is 0 Å². The summed E-state index contributed by atoms with van der Waals surface area (Å²) in [6.07, 6.45) is 2.44. The lowest BCUT2D eigenvalue weighted by atomic mass is 10.1. The smallest absolute Gasteiger partial charge is 0.291 e. The molecule has 0 aromatic heterocycles. The predicted octanol–water partition coefficient (Wildman–Crippen LogP) is 4.34. The van der Waals surface area contributed by atoms with Gasteiger partial charge in [-0.1, -0.05) is 54.1 Å². The average molecular weight is 398 g/mol. The van der Waals surface area contributed by atoms with Gasteiger partial charge in [0.1, 0.15) is 0 Å². The first-order valence-electron chi connectivity index (χ1n) is 9.82. The summed E-state index contributed by atoms with van der Waals surface area (Å²) in [5.74, 6) is 0.394. The summed E-state index contributed by atoms with van der Waals surface area (Å²) in [5.41, 5.74) is 4.40. The van der Waals surface area contributed by atoms with Crippen LogP contribution in [-0.2, 0) is 11.2 Å². The van der Waals surface area contributed by atoms with E-state index >= 15 is 0 Å². The number of fused-ring (bicyclic) bond motifs is 1. The van der Waals surface area contributed by atoms with Crippen molar-refractivity contribution in [2.75, 3.05) is 11.9 Å². The van der Waals surface area contributed by atoms with E-state index in [1.165, 1.54) is 11.1 Å². The molecule has 1 heterocycles. The number of aryl methyl sites for hydroxylation is 1. The van der Waals surface area contributed by atoms with E-state index in [1.807, 2.05) is 12.1 Å². The Labute approximate surface area is 175 Å². The molecule has 0 unspecified atom stereocenters. The van der Waals surface area contributed by atoms with E-state index in [2.05, 4.69) is 41.8 Å². The van der Waals surface area contributed by atoms with Crippen LogP contribution in [0.3, 0.4) is 0 Å². The number of rotatable bonds is 5. The fourth-order valence-corrected chi connectivity index (χ4v) is 3.16. The highest BCUT2D eigenvalue weighted by Crippen LogP contribution is 2.30. The molecule has 0 spiro atoms. The van der Waals surface area contributed by atoms with Gasteiger partial charge in [0.15, 0.2) is 11.5 Å². The zero-order valence-electron chi connectivity index (χ0n) is 16.6. The fraction of sp³-hybridized carbons (Fsp3) is 0.120. The highest BCUT2D eigenvalue weighted by molar-refractivity contribution is 6.08. The minimum Gasteiger partial charge on any atom is -0.449 e. The summed E-state index contributed by atoms with van der Waals surface area (Å²) in [6.45, 7) is 2.62. The molecule has 0 bridgehead atoms. The van der Waals surface area contributed by atoms with Gasteiger partial charge >= 0.3 is 0 Å². The van der Waals surface area contributed by atoms with Crippen molar-refractivity contribution < 1.29 is 14.3 Å². The van der Waals surface area contributed by atoms with Gasteiger partial charge in [-0.2, -0.15) is 0 Å². The molecule has 5 nitrogen and oxygen atoms in total. The molecule has 3 aromatic carbocycles. The van der Waals surface area contributed by atoms with E-state index in [9.17, 15) is 9.59 Å². The third-order valence-corrected chi connectivity index (χ3v) is 4.87. The topological polar surface area (TPSA) is 67.4 Å². The average Bonchev–Trinajstić information content (AvgIpc) is 2.76. The Hall–Kier alpha value is -3.86. The predicted molar refractivity (Wildman–Crippen MR) is 117 cm³/mol. The number of ether oxygens (including phenoxy) is 1. The number of carbonyl (C=O) groups is 2. The van der Waals surface area contributed by atoms with E-state index in [0.717, 1.165) is 12.0 Å². The minimum atomic E-state index is -0.299. The van der Waals surface area contributed by atoms with Crippen LogP contribution in [0.1, 0.15) is 27.0 Å². The van der Waals surface area contributed by atoms with Crippen LogP contribution in [0.25, 0.3) is 6.08 Å². The largest absolute Gasteiger partial charge is 0.449 e. The summed E-state index contributed by atoms with van der Waals surface area (Å²) < 4.78 is 5.70.